The third kappa shape index (κ3) is 3.11. The molecule has 1 N–H and O–H groups in total. The largest absolute Gasteiger partial charge is 0.453 e. The van der Waals surface area contributed by atoms with Crippen LogP contribution in [0.1, 0.15) is 38.9 Å². The zero-order valence-corrected chi connectivity index (χ0v) is 11.6. The summed E-state index contributed by atoms with van der Waals surface area (Å²) in [5.41, 5.74) is 0. The topological polar surface area (TPSA) is 25.2 Å². The van der Waals surface area contributed by atoms with Crippen LogP contribution in [0.2, 0.25) is 0 Å². The van der Waals surface area contributed by atoms with E-state index in [2.05, 4.69) is 35.1 Å². The fourth-order valence-corrected chi connectivity index (χ4v) is 2.99. The quantitative estimate of drug-likeness (QED) is 0.910. The third-order valence-electron chi connectivity index (χ3n) is 3.60. The molecule has 0 amide bonds. The van der Waals surface area contributed by atoms with Gasteiger partial charge in [-0.2, -0.15) is 0 Å². The first kappa shape index (κ1) is 12.2. The van der Waals surface area contributed by atoms with Gasteiger partial charge in [0.15, 0.2) is 4.67 Å². The summed E-state index contributed by atoms with van der Waals surface area (Å²) in [6, 6.07) is 4.62. The second-order valence-corrected chi connectivity index (χ2v) is 5.87. The van der Waals surface area contributed by atoms with Crippen molar-refractivity contribution in [2.45, 2.75) is 45.7 Å². The second-order valence-electron chi connectivity index (χ2n) is 5.09. The predicted octanol–water partition coefficient (Wildman–Crippen LogP) is 3.96. The Labute approximate surface area is 106 Å². The number of hydrogen-bond donors (Lipinski definition) is 1. The maximum atomic E-state index is 5.49. The highest BCUT2D eigenvalue weighted by Crippen LogP contribution is 2.28. The smallest absolute Gasteiger partial charge is 0.169 e. The van der Waals surface area contributed by atoms with E-state index in [9.17, 15) is 0 Å². The lowest BCUT2D eigenvalue weighted by Crippen LogP contribution is -2.38. The normalized spacial score (nSPS) is 30.6. The van der Waals surface area contributed by atoms with E-state index < -0.39 is 0 Å². The van der Waals surface area contributed by atoms with Crippen LogP contribution < -0.4 is 5.32 Å². The minimum absolute atomic E-state index is 0.653. The van der Waals surface area contributed by atoms with Gasteiger partial charge in [0.05, 0.1) is 6.54 Å². The molecule has 3 atom stereocenters. The average molecular weight is 286 g/mol. The van der Waals surface area contributed by atoms with Crippen LogP contribution in [0, 0.1) is 11.8 Å². The number of nitrogens with one attached hydrogen (secondary N) is 1. The van der Waals surface area contributed by atoms with Gasteiger partial charge in [-0.1, -0.05) is 13.8 Å². The fraction of sp³-hybridized carbons (Fsp3) is 0.692. The molecule has 1 aromatic rings. The van der Waals surface area contributed by atoms with Crippen molar-refractivity contribution in [1.82, 2.24) is 5.32 Å². The van der Waals surface area contributed by atoms with Gasteiger partial charge in [0.2, 0.25) is 0 Å². The Bertz CT molecular complexity index is 336. The predicted molar refractivity (Wildman–Crippen MR) is 69.2 cm³/mol. The lowest BCUT2D eigenvalue weighted by Gasteiger charge is -2.33. The van der Waals surface area contributed by atoms with E-state index >= 15 is 0 Å². The van der Waals surface area contributed by atoms with Crippen LogP contribution in [0.15, 0.2) is 21.2 Å². The molecule has 0 spiro atoms. The molecule has 1 aromatic heterocycles. The van der Waals surface area contributed by atoms with Crippen molar-refractivity contribution in [2.24, 2.45) is 11.8 Å². The molecule has 0 aliphatic heterocycles. The maximum absolute atomic E-state index is 5.49. The highest BCUT2D eigenvalue weighted by molar-refractivity contribution is 9.10. The summed E-state index contributed by atoms with van der Waals surface area (Å²) in [4.78, 5) is 0. The minimum atomic E-state index is 0.653. The van der Waals surface area contributed by atoms with Crippen molar-refractivity contribution in [1.29, 1.82) is 0 Å². The number of furan rings is 1. The fourth-order valence-electron chi connectivity index (χ4n) is 2.65. The maximum Gasteiger partial charge on any atom is 0.169 e. The Balaban J connectivity index is 1.81. The molecule has 3 heteroatoms. The molecule has 1 fully saturated rings. The monoisotopic (exact) mass is 285 g/mol. The summed E-state index contributed by atoms with van der Waals surface area (Å²) in [5.74, 6) is 2.69. The van der Waals surface area contributed by atoms with E-state index in [-0.39, 0.29) is 0 Å². The second kappa shape index (κ2) is 5.37. The Kier molecular flexibility index (Phi) is 4.09. The highest BCUT2D eigenvalue weighted by Gasteiger charge is 2.24. The van der Waals surface area contributed by atoms with Gasteiger partial charge in [0.25, 0.3) is 0 Å². The Morgan fingerprint density at radius 3 is 2.81 bits per heavy atom. The first-order valence-corrected chi connectivity index (χ1v) is 6.92. The molecule has 90 valence electrons. The van der Waals surface area contributed by atoms with Gasteiger partial charge in [-0.15, -0.1) is 0 Å². The minimum Gasteiger partial charge on any atom is -0.453 e. The summed E-state index contributed by atoms with van der Waals surface area (Å²) < 4.78 is 6.30. The van der Waals surface area contributed by atoms with E-state index in [1.54, 1.807) is 0 Å². The molecular formula is C13H20BrNO. The van der Waals surface area contributed by atoms with Crippen molar-refractivity contribution in [3.63, 3.8) is 0 Å². The SMILES string of the molecule is CC1CCC(NCc2ccc(Br)o2)C(C)C1. The van der Waals surface area contributed by atoms with Gasteiger partial charge in [0, 0.05) is 6.04 Å². The highest BCUT2D eigenvalue weighted by atomic mass is 79.9. The van der Waals surface area contributed by atoms with Crippen molar-refractivity contribution in [3.8, 4) is 0 Å². The van der Waals surface area contributed by atoms with Gasteiger partial charge in [0.1, 0.15) is 5.76 Å². The van der Waals surface area contributed by atoms with E-state index in [1.807, 2.05) is 12.1 Å². The molecule has 0 radical (unpaired) electrons. The van der Waals surface area contributed by atoms with Gasteiger partial charge in [-0.3, -0.25) is 0 Å². The van der Waals surface area contributed by atoms with E-state index in [0.29, 0.717) is 6.04 Å². The van der Waals surface area contributed by atoms with Crippen LogP contribution in [0.3, 0.4) is 0 Å². The van der Waals surface area contributed by atoms with Crippen molar-refractivity contribution in [2.75, 3.05) is 0 Å². The van der Waals surface area contributed by atoms with Crippen LogP contribution in [0.5, 0.6) is 0 Å². The van der Waals surface area contributed by atoms with Crippen LogP contribution in [0.4, 0.5) is 0 Å². The summed E-state index contributed by atoms with van der Waals surface area (Å²) in [6.07, 6.45) is 3.99. The molecule has 1 saturated carbocycles. The number of rotatable bonds is 3. The molecule has 1 aliphatic rings. The first-order chi connectivity index (χ1) is 7.65. The van der Waals surface area contributed by atoms with E-state index in [0.717, 1.165) is 28.8 Å². The van der Waals surface area contributed by atoms with Crippen molar-refractivity contribution < 1.29 is 4.42 Å². The zero-order valence-electron chi connectivity index (χ0n) is 10.0. The van der Waals surface area contributed by atoms with E-state index in [1.165, 1.54) is 19.3 Å². The average Bonchev–Trinajstić information content (AvgIpc) is 2.63. The van der Waals surface area contributed by atoms with Crippen LogP contribution >= 0.6 is 15.9 Å². The summed E-state index contributed by atoms with van der Waals surface area (Å²) in [5, 5.41) is 3.61. The molecule has 1 aliphatic carbocycles. The van der Waals surface area contributed by atoms with Crippen LogP contribution in [0.25, 0.3) is 0 Å². The molecule has 2 rings (SSSR count). The molecule has 0 saturated heterocycles. The summed E-state index contributed by atoms with van der Waals surface area (Å²) in [6.45, 7) is 5.55. The molecule has 0 aromatic carbocycles. The van der Waals surface area contributed by atoms with Crippen molar-refractivity contribution >= 4 is 15.9 Å². The number of hydrogen-bond acceptors (Lipinski definition) is 2. The Morgan fingerprint density at radius 1 is 1.38 bits per heavy atom. The molecule has 16 heavy (non-hydrogen) atoms. The van der Waals surface area contributed by atoms with E-state index in [4.69, 9.17) is 4.42 Å². The van der Waals surface area contributed by atoms with Crippen molar-refractivity contribution in [3.05, 3.63) is 22.6 Å². The zero-order chi connectivity index (χ0) is 11.5. The lowest BCUT2D eigenvalue weighted by molar-refractivity contribution is 0.223. The standard InChI is InChI=1S/C13H20BrNO/c1-9-3-5-12(10(2)7-9)15-8-11-4-6-13(14)16-11/h4,6,9-10,12,15H,3,5,7-8H2,1-2H3. The van der Waals surface area contributed by atoms with Crippen LogP contribution in [-0.4, -0.2) is 6.04 Å². The van der Waals surface area contributed by atoms with Gasteiger partial charge in [-0.05, 0) is 59.2 Å². The third-order valence-corrected chi connectivity index (χ3v) is 4.03. The Hall–Kier alpha value is -0.280. The molecule has 1 heterocycles. The first-order valence-electron chi connectivity index (χ1n) is 6.12. The molecule has 2 nitrogen and oxygen atoms in total. The van der Waals surface area contributed by atoms with Crippen LogP contribution in [-0.2, 0) is 6.54 Å². The lowest BCUT2D eigenvalue weighted by atomic mass is 9.80. The molecule has 0 bridgehead atoms. The molecular weight excluding hydrogens is 266 g/mol. The van der Waals surface area contributed by atoms with Gasteiger partial charge < -0.3 is 9.73 Å². The summed E-state index contributed by atoms with van der Waals surface area (Å²) in [7, 11) is 0. The molecule has 3 unspecified atom stereocenters. The number of halogens is 1. The Morgan fingerprint density at radius 2 is 2.19 bits per heavy atom. The van der Waals surface area contributed by atoms with Gasteiger partial charge >= 0.3 is 0 Å². The van der Waals surface area contributed by atoms with Gasteiger partial charge in [-0.25, -0.2) is 0 Å². The summed E-state index contributed by atoms with van der Waals surface area (Å²) >= 11 is 3.32.